The van der Waals surface area contributed by atoms with E-state index >= 15 is 0 Å². The summed E-state index contributed by atoms with van der Waals surface area (Å²) in [6.07, 6.45) is 0. The molecule has 0 saturated heterocycles. The van der Waals surface area contributed by atoms with E-state index in [0.717, 1.165) is 30.3 Å². The zero-order valence-electron chi connectivity index (χ0n) is 22.6. The van der Waals surface area contributed by atoms with Crippen LogP contribution in [0.4, 0.5) is 0 Å². The highest BCUT2D eigenvalue weighted by atomic mass is 35.5. The second-order valence-corrected chi connectivity index (χ2v) is 14.2. The zero-order valence-corrected chi connectivity index (χ0v) is 25.9. The van der Waals surface area contributed by atoms with Gasteiger partial charge in [0.15, 0.2) is 15.8 Å². The monoisotopic (exact) mass is 716 g/mol. The van der Waals surface area contributed by atoms with Gasteiger partial charge in [-0.3, -0.25) is 28.3 Å². The summed E-state index contributed by atoms with van der Waals surface area (Å²) >= 11 is 7.07. The first-order valence-corrected chi connectivity index (χ1v) is 16.8. The zero-order chi connectivity index (χ0) is 33.7. The number of aromatic nitrogens is 2. The van der Waals surface area contributed by atoms with Gasteiger partial charge in [-0.05, 0) is 48.5 Å². The molecule has 236 valence electrons. The Hall–Kier alpha value is -4.50. The van der Waals surface area contributed by atoms with Crippen molar-refractivity contribution in [3.05, 3.63) is 94.4 Å². The van der Waals surface area contributed by atoms with E-state index in [9.17, 15) is 45.1 Å². The number of benzene rings is 6. The van der Waals surface area contributed by atoms with Gasteiger partial charge in [0.2, 0.25) is 10.9 Å². The lowest BCUT2D eigenvalue weighted by Gasteiger charge is -2.06. The fraction of sp³-hybridized carbons (Fsp3) is 0. The Kier molecular flexibility index (Phi) is 6.95. The average molecular weight is 717 g/mol. The Labute approximate surface area is 267 Å². The predicted molar refractivity (Wildman–Crippen MR) is 167 cm³/mol. The largest absolute Gasteiger partial charge is 0.301 e. The molecule has 15 nitrogen and oxygen atoms in total. The van der Waals surface area contributed by atoms with Crippen LogP contribution in [0.1, 0.15) is 0 Å². The maximum atomic E-state index is 13.9. The molecule has 0 aliphatic heterocycles. The Bertz CT molecular complexity index is 3050. The molecule has 0 fully saturated rings. The van der Waals surface area contributed by atoms with Crippen LogP contribution in [0.25, 0.3) is 65.2 Å². The molecule has 6 aromatic carbocycles. The summed E-state index contributed by atoms with van der Waals surface area (Å²) in [4.78, 5) is 59.0. The summed E-state index contributed by atoms with van der Waals surface area (Å²) in [5, 5.41) is 9.70. The van der Waals surface area contributed by atoms with Gasteiger partial charge in [0.1, 0.15) is 15.8 Å². The fourth-order valence-corrected chi connectivity index (χ4v) is 7.57. The van der Waals surface area contributed by atoms with Crippen LogP contribution in [0, 0.1) is 0 Å². The molecule has 0 saturated carbocycles. The van der Waals surface area contributed by atoms with Gasteiger partial charge >= 0.3 is 10.1 Å². The van der Waals surface area contributed by atoms with Crippen LogP contribution >= 0.6 is 23.6 Å². The van der Waals surface area contributed by atoms with Crippen molar-refractivity contribution in [1.82, 2.24) is 0 Å². The fourth-order valence-electron chi connectivity index (χ4n) is 5.73. The van der Waals surface area contributed by atoms with E-state index in [1.807, 2.05) is 0 Å². The number of hydrogen-bond acceptors (Lipinski definition) is 12. The van der Waals surface area contributed by atoms with Crippen LogP contribution < -0.4 is 31.7 Å². The summed E-state index contributed by atoms with van der Waals surface area (Å²) in [5.41, 5.74) is -4.40. The molecule has 0 unspecified atom stereocenters. The van der Waals surface area contributed by atoms with Crippen molar-refractivity contribution in [2.75, 3.05) is 0 Å². The Morgan fingerprint density at radius 2 is 1.17 bits per heavy atom. The third kappa shape index (κ3) is 4.69. The van der Waals surface area contributed by atoms with Crippen LogP contribution in [0.3, 0.4) is 0 Å². The molecule has 0 amide bonds. The maximum Gasteiger partial charge on any atom is 0.301 e. The number of H-pyrrole nitrogens is 2. The van der Waals surface area contributed by atoms with Gasteiger partial charge < -0.3 is 0 Å². The first-order valence-electron chi connectivity index (χ1n) is 12.8. The highest BCUT2D eigenvalue weighted by Gasteiger charge is 2.33. The summed E-state index contributed by atoms with van der Waals surface area (Å²) in [6, 6.07) is 8.63. The Balaban J connectivity index is 1.72. The van der Waals surface area contributed by atoms with Gasteiger partial charge in [-0.25, -0.2) is 5.26 Å². The van der Waals surface area contributed by atoms with Crippen molar-refractivity contribution >= 4 is 109 Å². The van der Waals surface area contributed by atoms with Gasteiger partial charge in [-0.1, -0.05) is 16.6 Å². The molecule has 7 rings (SSSR count). The standard InChI is InChI=1S/C28H11ClN2O13S3/c29-17-7-15-19(28(35)14-6-10(46(37,38)39)2-4-12(14)25(15)32)23-21(17)30-24-20-16(8-18(22(24)31-23)47(40,41)42)26(33)11-3-1-9(45-44-43-36)5-13(11)27(20)34/h1-8,36H,(H,37,38,39)(H,40,41,42)/p+2. The van der Waals surface area contributed by atoms with Crippen molar-refractivity contribution in [3.63, 3.8) is 0 Å². The number of nitrogens with one attached hydrogen (secondary N) is 2. The molecule has 1 heterocycles. The van der Waals surface area contributed by atoms with E-state index in [4.69, 9.17) is 16.9 Å². The molecular formula is C28H13ClN2O13S3+2. The molecular weight excluding hydrogens is 704 g/mol. The SMILES string of the molecule is O=c1c2ccc(S(=O)(=O)O)cc2c(=O)c2c1cc(Cl)c1[nH+]c3c([nH+]c12)c(S(=O)(=O)O)cc1c(=O)c2ccc(SOOO)cc2c(=O)c13. The molecule has 0 aliphatic carbocycles. The minimum atomic E-state index is -5.14. The quantitative estimate of drug-likeness (QED) is 0.0577. The number of hydrogen-bond donors (Lipinski definition) is 3. The molecule has 0 radical (unpaired) electrons. The number of aromatic amines is 2. The topological polar surface area (TPSA) is 244 Å². The van der Waals surface area contributed by atoms with Crippen LogP contribution in [-0.4, -0.2) is 31.2 Å². The molecule has 0 atom stereocenters. The lowest BCUT2D eigenvalue weighted by Crippen LogP contribution is -2.26. The Morgan fingerprint density at radius 3 is 1.77 bits per heavy atom. The minimum Gasteiger partial charge on any atom is -0.289 e. The molecule has 7 aromatic rings. The first-order chi connectivity index (χ1) is 22.1. The highest BCUT2D eigenvalue weighted by molar-refractivity contribution is 7.94. The molecule has 5 N–H and O–H groups in total. The predicted octanol–water partition coefficient (Wildman–Crippen LogP) is 2.13. The Morgan fingerprint density at radius 1 is 0.617 bits per heavy atom. The van der Waals surface area contributed by atoms with Crippen LogP contribution in [0.15, 0.2) is 82.4 Å². The second-order valence-electron chi connectivity index (χ2n) is 10.2. The average Bonchev–Trinajstić information content (AvgIpc) is 3.02. The van der Waals surface area contributed by atoms with Gasteiger partial charge in [0.05, 0.1) is 16.9 Å². The summed E-state index contributed by atoms with van der Waals surface area (Å²) in [7, 11) is -9.92. The molecule has 0 spiro atoms. The molecule has 0 bridgehead atoms. The van der Waals surface area contributed by atoms with Crippen molar-refractivity contribution in [2.45, 2.75) is 14.7 Å². The van der Waals surface area contributed by atoms with Crippen molar-refractivity contribution < 1.29 is 50.5 Å². The van der Waals surface area contributed by atoms with Crippen molar-refractivity contribution in [1.29, 1.82) is 0 Å². The van der Waals surface area contributed by atoms with Gasteiger partial charge in [0, 0.05) is 37.2 Å². The van der Waals surface area contributed by atoms with Crippen molar-refractivity contribution in [2.24, 2.45) is 0 Å². The van der Waals surface area contributed by atoms with Gasteiger partial charge in [-0.2, -0.15) is 26.8 Å². The highest BCUT2D eigenvalue weighted by Crippen LogP contribution is 2.31. The first kappa shape index (κ1) is 31.1. The second kappa shape index (κ2) is 10.5. The number of fused-ring (bicyclic) bond motifs is 8. The summed E-state index contributed by atoms with van der Waals surface area (Å²) in [5.74, 6) is 0. The normalized spacial score (nSPS) is 12.8. The van der Waals surface area contributed by atoms with Crippen LogP contribution in [0.2, 0.25) is 5.02 Å². The van der Waals surface area contributed by atoms with Gasteiger partial charge in [-0.15, -0.1) is 4.33 Å². The van der Waals surface area contributed by atoms with Crippen molar-refractivity contribution in [3.8, 4) is 0 Å². The van der Waals surface area contributed by atoms with E-state index in [2.05, 4.69) is 19.3 Å². The van der Waals surface area contributed by atoms with E-state index in [1.54, 1.807) is 0 Å². The summed E-state index contributed by atoms with van der Waals surface area (Å²) < 4.78 is 73.0. The minimum absolute atomic E-state index is 0.110. The molecule has 19 heteroatoms. The van der Waals surface area contributed by atoms with E-state index in [0.29, 0.717) is 12.0 Å². The smallest absolute Gasteiger partial charge is 0.289 e. The third-order valence-electron chi connectivity index (χ3n) is 7.71. The number of halogens is 1. The number of rotatable bonds is 5. The third-order valence-corrected chi connectivity index (χ3v) is 10.3. The lowest BCUT2D eigenvalue weighted by atomic mass is 9.99. The van der Waals surface area contributed by atoms with E-state index in [-0.39, 0.29) is 58.8 Å². The van der Waals surface area contributed by atoms with Crippen LogP contribution in [-0.2, 0) is 29.6 Å². The molecule has 0 aliphatic rings. The molecule has 1 aromatic heterocycles. The lowest BCUT2D eigenvalue weighted by molar-refractivity contribution is -0.432. The summed E-state index contributed by atoms with van der Waals surface area (Å²) in [6.45, 7) is 0. The van der Waals surface area contributed by atoms with E-state index in [1.165, 1.54) is 18.2 Å². The van der Waals surface area contributed by atoms with E-state index < -0.39 is 68.0 Å². The van der Waals surface area contributed by atoms with Gasteiger partial charge in [0.25, 0.3) is 32.2 Å². The molecule has 47 heavy (non-hydrogen) atoms. The maximum absolute atomic E-state index is 13.9. The van der Waals surface area contributed by atoms with Crippen LogP contribution in [0.5, 0.6) is 0 Å².